The Morgan fingerprint density at radius 1 is 1.14 bits per heavy atom. The highest BCUT2D eigenvalue weighted by molar-refractivity contribution is 5.89. The highest BCUT2D eigenvalue weighted by Crippen LogP contribution is 2.34. The van der Waals surface area contributed by atoms with E-state index in [0.29, 0.717) is 44.8 Å². The van der Waals surface area contributed by atoms with Crippen molar-refractivity contribution in [1.82, 2.24) is 24.7 Å². The summed E-state index contributed by atoms with van der Waals surface area (Å²) in [5.74, 6) is 0.740. The average molecular weight is 566 g/mol. The van der Waals surface area contributed by atoms with E-state index in [1.165, 1.54) is 34.4 Å². The first-order valence-electron chi connectivity index (χ1n) is 14.9. The van der Waals surface area contributed by atoms with E-state index in [0.717, 1.165) is 43.1 Å². The van der Waals surface area contributed by atoms with E-state index >= 15 is 0 Å². The molecule has 2 fully saturated rings. The number of carbonyl (C=O) groups is 1. The van der Waals surface area contributed by atoms with Crippen LogP contribution in [-0.4, -0.2) is 89.0 Å². The van der Waals surface area contributed by atoms with Crippen LogP contribution >= 0.6 is 0 Å². The summed E-state index contributed by atoms with van der Waals surface area (Å²) in [7, 11) is 2.14. The zero-order chi connectivity index (χ0) is 29.2. The number of hydrogen-bond acceptors (Lipinski definition) is 7. The lowest BCUT2D eigenvalue weighted by atomic mass is 10.00. The molecular formula is C33H39N7O2. The fourth-order valence-electron chi connectivity index (χ4n) is 6.79. The number of rotatable bonds is 8. The van der Waals surface area contributed by atoms with Crippen molar-refractivity contribution >= 4 is 22.5 Å². The van der Waals surface area contributed by atoms with Crippen LogP contribution in [0.25, 0.3) is 15.6 Å². The number of amides is 1. The molecular weight excluding hydrogens is 526 g/mol. The van der Waals surface area contributed by atoms with Crippen LogP contribution in [0.3, 0.4) is 0 Å². The molecule has 3 aliphatic heterocycles. The fourth-order valence-corrected chi connectivity index (χ4v) is 6.79. The number of aryl methyl sites for hydroxylation is 1. The number of benzene rings is 2. The second-order valence-corrected chi connectivity index (χ2v) is 11.8. The number of likely N-dealkylation sites (tertiary alicyclic amines) is 1. The summed E-state index contributed by atoms with van der Waals surface area (Å²) in [6.45, 7) is 19.2. The first-order valence-corrected chi connectivity index (χ1v) is 14.9. The molecule has 1 amide bonds. The maximum atomic E-state index is 12.5. The second-order valence-electron chi connectivity index (χ2n) is 11.8. The van der Waals surface area contributed by atoms with Crippen LogP contribution in [0.1, 0.15) is 35.2 Å². The molecule has 3 aromatic rings. The van der Waals surface area contributed by atoms with Crippen molar-refractivity contribution in [2.75, 3.05) is 51.3 Å². The van der Waals surface area contributed by atoms with Gasteiger partial charge in [-0.25, -0.2) is 6.57 Å². The van der Waals surface area contributed by atoms with Gasteiger partial charge < -0.3 is 24.3 Å². The fraction of sp³-hybridized carbons (Fsp3) is 0.455. The molecule has 4 heterocycles. The Morgan fingerprint density at radius 3 is 2.74 bits per heavy atom. The van der Waals surface area contributed by atoms with Gasteiger partial charge >= 0.3 is 6.01 Å². The normalized spacial score (nSPS) is 21.0. The van der Waals surface area contributed by atoms with Crippen LogP contribution in [0.15, 0.2) is 49.1 Å². The summed E-state index contributed by atoms with van der Waals surface area (Å²) in [6.07, 6.45) is 3.64. The Kier molecular flexibility index (Phi) is 8.09. The van der Waals surface area contributed by atoms with Crippen molar-refractivity contribution in [3.63, 3.8) is 0 Å². The lowest BCUT2D eigenvalue weighted by Crippen LogP contribution is -2.56. The zero-order valence-corrected chi connectivity index (χ0v) is 24.6. The van der Waals surface area contributed by atoms with Gasteiger partial charge in [-0.05, 0) is 61.3 Å². The molecule has 0 unspecified atom stereocenters. The van der Waals surface area contributed by atoms with E-state index in [9.17, 15) is 4.79 Å². The molecule has 0 aliphatic carbocycles. The van der Waals surface area contributed by atoms with Gasteiger partial charge in [0.15, 0.2) is 0 Å². The lowest BCUT2D eigenvalue weighted by molar-refractivity contribution is -0.128. The molecule has 9 heteroatoms. The monoisotopic (exact) mass is 565 g/mol. The van der Waals surface area contributed by atoms with Gasteiger partial charge in [0.25, 0.3) is 0 Å². The standard InChI is InChI=1S/C33H39N7O2/c1-5-30(41)40-16-15-39(19-27(40)17-34-3)32-28-20-38(18-25-12-7-11-24-10-6-9-23(2)31(24)25)21-29(28)35-33(36-32)42-22-26-13-8-14-37(26)4/h5-7,9-12,26-27H,1,8,13-22H2,2,4H3/t26-,27-/m0/s1. The van der Waals surface area contributed by atoms with E-state index in [2.05, 4.69) is 76.5 Å². The van der Waals surface area contributed by atoms with Crippen LogP contribution in [0.4, 0.5) is 5.82 Å². The van der Waals surface area contributed by atoms with Crippen LogP contribution in [0, 0.1) is 13.5 Å². The Labute approximate surface area is 248 Å². The number of aromatic nitrogens is 2. The number of carbonyl (C=O) groups excluding carboxylic acids is 1. The number of hydrogen-bond donors (Lipinski definition) is 0. The van der Waals surface area contributed by atoms with Crippen LogP contribution in [-0.2, 0) is 24.4 Å². The predicted molar refractivity (Wildman–Crippen MR) is 164 cm³/mol. The van der Waals surface area contributed by atoms with Gasteiger partial charge in [0, 0.05) is 50.9 Å². The molecule has 218 valence electrons. The SMILES string of the molecule is [C-]#[N+]C[C@H]1CN(c2nc(OC[C@@H]3CCCN3C)nc3c2CN(Cc2cccc4cccc(C)c24)C3)CCN1C(=O)C=C. The lowest BCUT2D eigenvalue weighted by Gasteiger charge is -2.40. The molecule has 0 saturated carbocycles. The van der Waals surface area contributed by atoms with Crippen molar-refractivity contribution in [3.8, 4) is 6.01 Å². The quantitative estimate of drug-likeness (QED) is 0.302. The Morgan fingerprint density at radius 2 is 1.98 bits per heavy atom. The summed E-state index contributed by atoms with van der Waals surface area (Å²) in [5, 5.41) is 2.58. The largest absolute Gasteiger partial charge is 0.462 e. The smallest absolute Gasteiger partial charge is 0.318 e. The highest BCUT2D eigenvalue weighted by Gasteiger charge is 2.35. The van der Waals surface area contributed by atoms with Gasteiger partial charge in [-0.2, -0.15) is 9.97 Å². The van der Waals surface area contributed by atoms with Crippen molar-refractivity contribution in [1.29, 1.82) is 0 Å². The molecule has 0 N–H and O–H groups in total. The first-order chi connectivity index (χ1) is 20.4. The third kappa shape index (κ3) is 5.57. The van der Waals surface area contributed by atoms with E-state index in [1.807, 2.05) is 0 Å². The van der Waals surface area contributed by atoms with Crippen molar-refractivity contribution in [2.24, 2.45) is 0 Å². The number of anilines is 1. The third-order valence-electron chi connectivity index (χ3n) is 9.02. The van der Waals surface area contributed by atoms with Gasteiger partial charge in [-0.15, -0.1) is 0 Å². The Hall–Kier alpha value is -4.00. The topological polar surface area (TPSA) is 69.4 Å². The van der Waals surface area contributed by atoms with Gasteiger partial charge in [0.1, 0.15) is 18.5 Å². The number of fused-ring (bicyclic) bond motifs is 2. The van der Waals surface area contributed by atoms with E-state index in [-0.39, 0.29) is 18.5 Å². The van der Waals surface area contributed by atoms with Crippen molar-refractivity contribution in [2.45, 2.75) is 51.5 Å². The Balaban J connectivity index is 1.29. The van der Waals surface area contributed by atoms with E-state index < -0.39 is 0 Å². The molecule has 3 aliphatic rings. The molecule has 42 heavy (non-hydrogen) atoms. The molecule has 0 bridgehead atoms. The van der Waals surface area contributed by atoms with Crippen molar-refractivity contribution in [3.05, 3.63) is 82.9 Å². The number of likely N-dealkylation sites (N-methyl/N-ethyl adjacent to an activating group) is 1. The number of nitrogens with zero attached hydrogens (tertiary/aromatic N) is 7. The maximum absolute atomic E-state index is 12.5. The van der Waals surface area contributed by atoms with Gasteiger partial charge in [0.2, 0.25) is 12.5 Å². The summed E-state index contributed by atoms with van der Waals surface area (Å²) in [4.78, 5) is 34.9. The molecule has 2 aromatic carbocycles. The molecule has 0 radical (unpaired) electrons. The number of piperazine rings is 1. The first kappa shape index (κ1) is 28.1. The van der Waals surface area contributed by atoms with Gasteiger partial charge in [0.05, 0.1) is 5.69 Å². The molecule has 1 aromatic heterocycles. The van der Waals surface area contributed by atoms with Crippen LogP contribution in [0.5, 0.6) is 6.01 Å². The average Bonchev–Trinajstić information content (AvgIpc) is 3.60. The maximum Gasteiger partial charge on any atom is 0.318 e. The summed E-state index contributed by atoms with van der Waals surface area (Å²) in [5.41, 5.74) is 4.70. The van der Waals surface area contributed by atoms with Gasteiger partial charge in [-0.3, -0.25) is 9.69 Å². The van der Waals surface area contributed by atoms with Crippen molar-refractivity contribution < 1.29 is 9.53 Å². The molecule has 6 rings (SSSR count). The van der Waals surface area contributed by atoms with E-state index in [1.54, 1.807) is 4.90 Å². The van der Waals surface area contributed by atoms with E-state index in [4.69, 9.17) is 21.3 Å². The molecule has 0 spiro atoms. The summed E-state index contributed by atoms with van der Waals surface area (Å²) in [6, 6.07) is 13.6. The van der Waals surface area contributed by atoms with Gasteiger partial charge in [-0.1, -0.05) is 43.0 Å². The minimum absolute atomic E-state index is 0.127. The molecule has 2 saturated heterocycles. The van der Waals surface area contributed by atoms with Crippen LogP contribution in [0.2, 0.25) is 0 Å². The minimum atomic E-state index is -0.222. The minimum Gasteiger partial charge on any atom is -0.462 e. The number of ether oxygens (including phenoxy) is 1. The summed E-state index contributed by atoms with van der Waals surface area (Å²) >= 11 is 0. The summed E-state index contributed by atoms with van der Waals surface area (Å²) < 4.78 is 6.26. The Bertz CT molecular complexity index is 1530. The van der Waals surface area contributed by atoms with Crippen LogP contribution < -0.4 is 9.64 Å². The third-order valence-corrected chi connectivity index (χ3v) is 9.02. The predicted octanol–water partition coefficient (Wildman–Crippen LogP) is 4.05. The molecule has 9 nitrogen and oxygen atoms in total. The molecule has 2 atom stereocenters. The highest BCUT2D eigenvalue weighted by atomic mass is 16.5. The second kappa shape index (κ2) is 12.1. The zero-order valence-electron chi connectivity index (χ0n) is 24.6.